The molecule has 5 atom stereocenters. The van der Waals surface area contributed by atoms with E-state index in [0.717, 1.165) is 122 Å². The Labute approximate surface area is 579 Å². The maximum Gasteiger partial charge on any atom is 0.472 e. The van der Waals surface area contributed by atoms with E-state index >= 15 is 0 Å². The first-order chi connectivity index (χ1) is 46.7. The molecule has 0 aromatic carbocycles. The molecule has 0 aromatic heterocycles. The number of carbonyl (C=O) groups is 4. The average Bonchev–Trinajstić information content (AvgIpc) is 1.09. The highest BCUT2D eigenvalue weighted by molar-refractivity contribution is 7.47. The molecule has 3 N–H and O–H groups in total. The first-order valence-electron chi connectivity index (χ1n) is 36.1. The minimum Gasteiger partial charge on any atom is -0.461 e. The van der Waals surface area contributed by atoms with Crippen LogP contribution in [0.2, 0.25) is 0 Å². The van der Waals surface area contributed by atoms with Gasteiger partial charge in [-0.15, -0.1) is 0 Å². The van der Waals surface area contributed by atoms with Crippen molar-refractivity contribution < 1.29 is 80.2 Å². The highest BCUT2D eigenvalue weighted by Gasteiger charge is 2.30. The van der Waals surface area contributed by atoms with E-state index < -0.39 is 97.5 Å². The molecular formula is C77H126O17P2. The van der Waals surface area contributed by atoms with Gasteiger partial charge < -0.3 is 33.8 Å². The van der Waals surface area contributed by atoms with Gasteiger partial charge in [-0.2, -0.15) is 0 Å². The number of aliphatic hydroxyl groups excluding tert-OH is 1. The fourth-order valence-electron chi connectivity index (χ4n) is 8.92. The van der Waals surface area contributed by atoms with Crippen molar-refractivity contribution in [3.63, 3.8) is 0 Å². The SMILES string of the molecule is CC/C=C\C/C=C\C/C=C\C/C=C\C/C=C\CC(=O)OCC(COP(=O)(O)OCC(O)COP(=O)(O)OCC(COC(=O)C/C=C\C/C=C\C/C=C\C/C=C\C/C=C\CC)OC(=O)CCCCCCCCCCCCC)OC(=O)CCCCCCC/C=C\C/C=C\CCCCC. The van der Waals surface area contributed by atoms with Crippen molar-refractivity contribution in [2.24, 2.45) is 0 Å². The number of esters is 4. The number of hydrogen-bond donors (Lipinski definition) is 3. The van der Waals surface area contributed by atoms with Crippen LogP contribution in [0.15, 0.2) is 146 Å². The summed E-state index contributed by atoms with van der Waals surface area (Å²) in [6.07, 6.45) is 76.3. The Balaban J connectivity index is 5.48. The van der Waals surface area contributed by atoms with Crippen LogP contribution in [0.4, 0.5) is 0 Å². The maximum absolute atomic E-state index is 13.0. The van der Waals surface area contributed by atoms with Crippen LogP contribution in [0, 0.1) is 0 Å². The van der Waals surface area contributed by atoms with Gasteiger partial charge in [0.05, 0.1) is 39.3 Å². The Kier molecular flexibility index (Phi) is 64.9. The zero-order chi connectivity index (χ0) is 70.4. The summed E-state index contributed by atoms with van der Waals surface area (Å²) >= 11 is 0. The molecule has 0 fully saturated rings. The summed E-state index contributed by atoms with van der Waals surface area (Å²) in [5.74, 6) is -2.50. The lowest BCUT2D eigenvalue weighted by molar-refractivity contribution is -0.161. The normalized spacial score (nSPS) is 14.9. The van der Waals surface area contributed by atoms with Crippen LogP contribution in [0.25, 0.3) is 0 Å². The monoisotopic (exact) mass is 1380 g/mol. The second kappa shape index (κ2) is 68.5. The predicted molar refractivity (Wildman–Crippen MR) is 390 cm³/mol. The molecule has 0 bridgehead atoms. The Morgan fingerprint density at radius 3 is 0.906 bits per heavy atom. The van der Waals surface area contributed by atoms with Gasteiger partial charge in [-0.1, -0.05) is 270 Å². The lowest BCUT2D eigenvalue weighted by Gasteiger charge is -2.21. The Bertz CT molecular complexity index is 2400. The number of ether oxygens (including phenoxy) is 4. The molecule has 0 amide bonds. The molecule has 17 nitrogen and oxygen atoms in total. The van der Waals surface area contributed by atoms with Gasteiger partial charge >= 0.3 is 39.5 Å². The summed E-state index contributed by atoms with van der Waals surface area (Å²) in [6.45, 7) is 4.33. The number of phosphoric ester groups is 2. The molecule has 546 valence electrons. The molecule has 96 heavy (non-hydrogen) atoms. The second-order valence-electron chi connectivity index (χ2n) is 23.5. The Hall–Kier alpha value is -5.06. The van der Waals surface area contributed by atoms with Crippen LogP contribution in [-0.2, 0) is 65.4 Å². The van der Waals surface area contributed by atoms with E-state index in [4.69, 9.17) is 37.0 Å². The quantitative estimate of drug-likeness (QED) is 0.0169. The van der Waals surface area contributed by atoms with Crippen molar-refractivity contribution in [1.82, 2.24) is 0 Å². The minimum atomic E-state index is -5.00. The lowest BCUT2D eigenvalue weighted by atomic mass is 10.1. The van der Waals surface area contributed by atoms with E-state index in [9.17, 15) is 43.2 Å². The van der Waals surface area contributed by atoms with E-state index in [0.29, 0.717) is 25.7 Å². The molecule has 0 saturated heterocycles. The third kappa shape index (κ3) is 67.5. The van der Waals surface area contributed by atoms with Gasteiger partial charge in [0, 0.05) is 12.8 Å². The lowest BCUT2D eigenvalue weighted by Crippen LogP contribution is -2.30. The van der Waals surface area contributed by atoms with Crippen molar-refractivity contribution in [3.05, 3.63) is 146 Å². The fraction of sp³-hybridized carbons (Fsp3) is 0.636. The number of aliphatic hydroxyl groups is 1. The average molecular weight is 1390 g/mol. The molecule has 19 heteroatoms. The van der Waals surface area contributed by atoms with Gasteiger partial charge in [0.1, 0.15) is 19.3 Å². The number of carbonyl (C=O) groups excluding carboxylic acids is 4. The third-order valence-electron chi connectivity index (χ3n) is 14.4. The predicted octanol–water partition coefficient (Wildman–Crippen LogP) is 20.3. The van der Waals surface area contributed by atoms with Crippen LogP contribution >= 0.6 is 15.6 Å². The van der Waals surface area contributed by atoms with Crippen LogP contribution in [0.3, 0.4) is 0 Å². The van der Waals surface area contributed by atoms with Crippen molar-refractivity contribution in [2.45, 2.75) is 277 Å². The fourth-order valence-corrected chi connectivity index (χ4v) is 10.5. The maximum atomic E-state index is 13.0. The topological polar surface area (TPSA) is 237 Å². The highest BCUT2D eigenvalue weighted by Crippen LogP contribution is 2.45. The number of phosphoric acid groups is 2. The first kappa shape index (κ1) is 90.9. The molecule has 0 aliphatic carbocycles. The van der Waals surface area contributed by atoms with Crippen LogP contribution in [0.5, 0.6) is 0 Å². The summed E-state index contributed by atoms with van der Waals surface area (Å²) in [6, 6.07) is 0. The van der Waals surface area contributed by atoms with Crippen molar-refractivity contribution in [1.29, 1.82) is 0 Å². The number of unbranched alkanes of at least 4 members (excludes halogenated alkanes) is 18. The standard InChI is InChI=1S/C77H126O17P2/c1-5-9-13-17-21-25-29-32-35-38-42-45-49-53-57-61-74(79)87-67-72(93-76(81)63-59-55-51-47-41-28-24-20-16-12-8-4)69-91-95(83,84)89-65-71(78)66-90-96(85,86)92-70-73(94-77(82)64-60-56-52-48-44-40-37-34-31-27-23-19-15-11-7-3)68-88-75(80)62-58-54-50-46-43-39-36-33-30-26-22-18-14-10-6-2/h9-10,13-14,21-23,25-27,32-37,42-43,45-46,53-54,57-58,71-73,78H,5-8,11-12,15-20,24,28-31,38-41,44,47-52,55-56,59-70H2,1-4H3,(H,83,84)(H,85,86)/b13-9-,14-10-,25-21-,26-22-,27-23-,35-32-,36-33-,37-34-,45-42-,46-43-,57-53-,58-54-. The van der Waals surface area contributed by atoms with Gasteiger partial charge in [-0.3, -0.25) is 37.3 Å². The Morgan fingerprint density at radius 2 is 0.573 bits per heavy atom. The van der Waals surface area contributed by atoms with E-state index in [1.807, 2.05) is 36.5 Å². The zero-order valence-electron chi connectivity index (χ0n) is 59.2. The zero-order valence-corrected chi connectivity index (χ0v) is 61.0. The summed E-state index contributed by atoms with van der Waals surface area (Å²) in [7, 11) is -10.0. The van der Waals surface area contributed by atoms with Gasteiger partial charge in [0.15, 0.2) is 12.2 Å². The van der Waals surface area contributed by atoms with E-state index in [1.54, 1.807) is 12.2 Å². The van der Waals surface area contributed by atoms with E-state index in [1.165, 1.54) is 57.8 Å². The van der Waals surface area contributed by atoms with Gasteiger partial charge in [0.25, 0.3) is 0 Å². The molecule has 0 heterocycles. The summed E-state index contributed by atoms with van der Waals surface area (Å²) < 4.78 is 68.0. The Morgan fingerprint density at radius 1 is 0.312 bits per heavy atom. The molecule has 0 aromatic rings. The minimum absolute atomic E-state index is 0.0536. The molecule has 0 rings (SSSR count). The number of allylic oxidation sites excluding steroid dienone is 22. The summed E-state index contributed by atoms with van der Waals surface area (Å²) in [4.78, 5) is 72.5. The summed E-state index contributed by atoms with van der Waals surface area (Å²) in [5.41, 5.74) is 0. The number of hydrogen-bond acceptors (Lipinski definition) is 15. The highest BCUT2D eigenvalue weighted by atomic mass is 31.2. The molecule has 0 aliphatic rings. The molecule has 0 radical (unpaired) electrons. The van der Waals surface area contributed by atoms with Crippen LogP contribution in [-0.4, -0.2) is 96.7 Å². The van der Waals surface area contributed by atoms with Crippen molar-refractivity contribution in [2.75, 3.05) is 39.6 Å². The molecule has 0 spiro atoms. The molecule has 5 unspecified atom stereocenters. The number of rotatable bonds is 66. The largest absolute Gasteiger partial charge is 0.472 e. The van der Waals surface area contributed by atoms with Crippen LogP contribution < -0.4 is 0 Å². The third-order valence-corrected chi connectivity index (χ3v) is 16.3. The smallest absolute Gasteiger partial charge is 0.461 e. The van der Waals surface area contributed by atoms with Gasteiger partial charge in [-0.05, 0) is 109 Å². The second-order valence-corrected chi connectivity index (χ2v) is 26.4. The first-order valence-corrected chi connectivity index (χ1v) is 39.1. The molecule has 0 aliphatic heterocycles. The summed E-state index contributed by atoms with van der Waals surface area (Å²) in [5, 5.41) is 10.6. The molecular weight excluding hydrogens is 1260 g/mol. The van der Waals surface area contributed by atoms with Gasteiger partial charge in [-0.25, -0.2) is 9.13 Å². The van der Waals surface area contributed by atoms with Crippen LogP contribution in [0.1, 0.15) is 259 Å². The van der Waals surface area contributed by atoms with Gasteiger partial charge in [0.2, 0.25) is 0 Å². The van der Waals surface area contributed by atoms with Crippen molar-refractivity contribution in [3.8, 4) is 0 Å². The molecule has 0 saturated carbocycles. The van der Waals surface area contributed by atoms with Crippen molar-refractivity contribution >= 4 is 39.5 Å². The van der Waals surface area contributed by atoms with E-state index in [-0.39, 0.29) is 25.7 Å². The van der Waals surface area contributed by atoms with E-state index in [2.05, 4.69) is 125 Å².